The molecule has 0 aromatic heterocycles. The van der Waals surface area contributed by atoms with Gasteiger partial charge in [0, 0.05) is 28.9 Å². The summed E-state index contributed by atoms with van der Waals surface area (Å²) in [5.41, 5.74) is 0.884. The molecule has 2 rings (SSSR count). The van der Waals surface area contributed by atoms with Crippen molar-refractivity contribution in [1.82, 2.24) is 0 Å². The summed E-state index contributed by atoms with van der Waals surface area (Å²) in [5, 5.41) is 10.9. The second kappa shape index (κ2) is 6.25. The van der Waals surface area contributed by atoms with Crippen molar-refractivity contribution in [3.63, 3.8) is 0 Å². The van der Waals surface area contributed by atoms with E-state index in [-0.39, 0.29) is 21.2 Å². The molecule has 0 aliphatic heterocycles. The molecule has 0 aliphatic rings. The van der Waals surface area contributed by atoms with Gasteiger partial charge < -0.3 is 0 Å². The number of rotatable bonds is 4. The first-order valence-corrected chi connectivity index (χ1v) is 7.92. The van der Waals surface area contributed by atoms with Crippen LogP contribution in [-0.2, 0) is 10.0 Å². The lowest BCUT2D eigenvalue weighted by atomic mass is 10.2. The number of nitro benzene ring substituents is 1. The van der Waals surface area contributed by atoms with E-state index in [1.807, 2.05) is 6.92 Å². The number of halogens is 1. The average Bonchev–Trinajstić information content (AvgIpc) is 2.46. The van der Waals surface area contributed by atoms with E-state index in [1.165, 1.54) is 24.3 Å². The molecule has 0 unspecified atom stereocenters. The predicted octanol–water partition coefficient (Wildman–Crippen LogP) is 3.36. The molecule has 0 saturated carbocycles. The second-order valence-corrected chi connectivity index (χ2v) is 6.53. The Morgan fingerprint density at radius 2 is 1.82 bits per heavy atom. The van der Waals surface area contributed by atoms with Gasteiger partial charge in [0.25, 0.3) is 15.7 Å². The fourth-order valence-corrected chi connectivity index (χ4v) is 2.66. The smallest absolute Gasteiger partial charge is 0.258 e. The highest BCUT2D eigenvalue weighted by atomic mass is 35.5. The van der Waals surface area contributed by atoms with E-state index in [0.29, 0.717) is 0 Å². The number of sulfonamides is 1. The number of nitro groups is 1. The van der Waals surface area contributed by atoms with Crippen LogP contribution in [0.2, 0.25) is 5.02 Å². The van der Waals surface area contributed by atoms with Gasteiger partial charge in [-0.2, -0.15) is 12.8 Å². The van der Waals surface area contributed by atoms with Crippen LogP contribution < -0.4 is 0 Å². The SMILES string of the molecule is Cc1ccc(S(=O)(=O)/N=C/c2cc([N+](=O)[O-])ccc2Cl)cc1. The maximum absolute atomic E-state index is 12.1. The highest BCUT2D eigenvalue weighted by Gasteiger charge is 2.13. The lowest BCUT2D eigenvalue weighted by Gasteiger charge is -2.00. The van der Waals surface area contributed by atoms with Gasteiger partial charge in [-0.1, -0.05) is 29.3 Å². The molecule has 0 aliphatic carbocycles. The topological polar surface area (TPSA) is 89.6 Å². The minimum Gasteiger partial charge on any atom is -0.258 e. The Bertz CT molecular complexity index is 846. The van der Waals surface area contributed by atoms with Gasteiger partial charge in [0.2, 0.25) is 0 Å². The Hall–Kier alpha value is -2.25. The van der Waals surface area contributed by atoms with Crippen LogP contribution in [0.3, 0.4) is 0 Å². The Kier molecular flexibility index (Phi) is 4.58. The van der Waals surface area contributed by atoms with Crippen molar-refractivity contribution >= 4 is 33.5 Å². The summed E-state index contributed by atoms with van der Waals surface area (Å²) in [4.78, 5) is 10.2. The summed E-state index contributed by atoms with van der Waals surface area (Å²) in [5.74, 6) is 0. The van der Waals surface area contributed by atoms with Gasteiger partial charge >= 0.3 is 0 Å². The summed E-state index contributed by atoms with van der Waals surface area (Å²) >= 11 is 5.89. The first kappa shape index (κ1) is 16.1. The van der Waals surface area contributed by atoms with E-state index >= 15 is 0 Å². The van der Waals surface area contributed by atoms with E-state index in [2.05, 4.69) is 4.40 Å². The maximum atomic E-state index is 12.1. The summed E-state index contributed by atoms with van der Waals surface area (Å²) in [6, 6.07) is 9.91. The number of non-ortho nitro benzene ring substituents is 1. The van der Waals surface area contributed by atoms with Crippen molar-refractivity contribution in [2.75, 3.05) is 0 Å². The van der Waals surface area contributed by atoms with Gasteiger partial charge in [0.15, 0.2) is 0 Å². The van der Waals surface area contributed by atoms with Crippen molar-refractivity contribution in [2.45, 2.75) is 11.8 Å². The first-order valence-electron chi connectivity index (χ1n) is 6.10. The molecular weight excluding hydrogens is 328 g/mol. The largest absolute Gasteiger partial charge is 0.282 e. The van der Waals surface area contributed by atoms with Gasteiger partial charge in [0.1, 0.15) is 0 Å². The predicted molar refractivity (Wildman–Crippen MR) is 84.1 cm³/mol. The Labute approximate surface area is 132 Å². The van der Waals surface area contributed by atoms with Crippen LogP contribution in [0.15, 0.2) is 51.8 Å². The zero-order valence-corrected chi connectivity index (χ0v) is 13.0. The number of aryl methyl sites for hydroxylation is 1. The van der Waals surface area contributed by atoms with E-state index < -0.39 is 14.9 Å². The molecule has 0 radical (unpaired) electrons. The summed E-state index contributed by atoms with van der Waals surface area (Å²) in [6.45, 7) is 1.84. The first-order chi connectivity index (χ1) is 10.3. The quantitative estimate of drug-likeness (QED) is 0.485. The third-order valence-electron chi connectivity index (χ3n) is 2.84. The molecule has 2 aromatic rings. The van der Waals surface area contributed by atoms with Crippen molar-refractivity contribution in [2.24, 2.45) is 4.40 Å². The van der Waals surface area contributed by atoms with E-state index in [4.69, 9.17) is 11.6 Å². The van der Waals surface area contributed by atoms with Gasteiger partial charge in [0.05, 0.1) is 9.82 Å². The lowest BCUT2D eigenvalue weighted by molar-refractivity contribution is -0.384. The molecule has 0 heterocycles. The van der Waals surface area contributed by atoms with Crippen molar-refractivity contribution in [3.05, 3.63) is 68.7 Å². The van der Waals surface area contributed by atoms with Crippen LogP contribution in [-0.4, -0.2) is 19.6 Å². The Morgan fingerprint density at radius 3 is 2.41 bits per heavy atom. The number of hydrogen-bond donors (Lipinski definition) is 0. The van der Waals surface area contributed by atoms with E-state index in [9.17, 15) is 18.5 Å². The van der Waals surface area contributed by atoms with Crippen molar-refractivity contribution in [1.29, 1.82) is 0 Å². The monoisotopic (exact) mass is 338 g/mol. The number of hydrogen-bond acceptors (Lipinski definition) is 4. The van der Waals surface area contributed by atoms with Crippen LogP contribution in [0.25, 0.3) is 0 Å². The molecule has 0 fully saturated rings. The van der Waals surface area contributed by atoms with E-state index in [0.717, 1.165) is 17.8 Å². The molecule has 0 spiro atoms. The summed E-state index contributed by atoms with van der Waals surface area (Å²) < 4.78 is 27.7. The van der Waals surface area contributed by atoms with Gasteiger partial charge in [-0.3, -0.25) is 10.1 Å². The van der Waals surface area contributed by atoms with Crippen LogP contribution in [0.1, 0.15) is 11.1 Å². The fourth-order valence-electron chi connectivity index (χ4n) is 1.64. The second-order valence-electron chi connectivity index (χ2n) is 4.49. The normalized spacial score (nSPS) is 11.7. The molecule has 0 saturated heterocycles. The Morgan fingerprint density at radius 1 is 1.18 bits per heavy atom. The number of benzene rings is 2. The van der Waals surface area contributed by atoms with Crippen LogP contribution in [0.4, 0.5) is 5.69 Å². The van der Waals surface area contributed by atoms with Gasteiger partial charge in [-0.05, 0) is 25.1 Å². The number of nitrogens with zero attached hydrogens (tertiary/aromatic N) is 2. The molecule has 8 heteroatoms. The van der Waals surface area contributed by atoms with Crippen molar-refractivity contribution < 1.29 is 13.3 Å². The molecule has 0 amide bonds. The molecule has 0 bridgehead atoms. The maximum Gasteiger partial charge on any atom is 0.282 e. The van der Waals surface area contributed by atoms with E-state index in [1.54, 1.807) is 12.1 Å². The lowest BCUT2D eigenvalue weighted by Crippen LogP contribution is -1.98. The zero-order valence-electron chi connectivity index (χ0n) is 11.4. The van der Waals surface area contributed by atoms with Crippen molar-refractivity contribution in [3.8, 4) is 0 Å². The highest BCUT2D eigenvalue weighted by molar-refractivity contribution is 7.90. The summed E-state index contributed by atoms with van der Waals surface area (Å²) in [6.07, 6.45) is 1.00. The third kappa shape index (κ3) is 3.69. The zero-order chi connectivity index (χ0) is 16.3. The minimum absolute atomic E-state index is 0.0379. The van der Waals surface area contributed by atoms with Crippen LogP contribution in [0, 0.1) is 17.0 Å². The summed E-state index contributed by atoms with van der Waals surface area (Å²) in [7, 11) is -3.88. The molecule has 0 atom stereocenters. The molecule has 6 nitrogen and oxygen atoms in total. The molecule has 2 aromatic carbocycles. The molecular formula is C14H11ClN2O4S. The minimum atomic E-state index is -3.88. The standard InChI is InChI=1S/C14H11ClN2O4S/c1-10-2-5-13(6-3-10)22(20,21)16-9-11-8-12(17(18)19)4-7-14(11)15/h2-9H,1H3/b16-9+. The third-order valence-corrected chi connectivity index (χ3v) is 4.43. The van der Waals surface area contributed by atoms with Crippen LogP contribution >= 0.6 is 11.6 Å². The van der Waals surface area contributed by atoms with Gasteiger partial charge in [-0.15, -0.1) is 0 Å². The Balaban J connectivity index is 2.37. The average molecular weight is 339 g/mol. The van der Waals surface area contributed by atoms with Crippen LogP contribution in [0.5, 0.6) is 0 Å². The molecule has 114 valence electrons. The van der Waals surface area contributed by atoms with Gasteiger partial charge in [-0.25, -0.2) is 0 Å². The highest BCUT2D eigenvalue weighted by Crippen LogP contribution is 2.21. The fraction of sp³-hybridized carbons (Fsp3) is 0.0714. The molecule has 0 N–H and O–H groups in total. The molecule has 22 heavy (non-hydrogen) atoms.